The molecule has 26 heavy (non-hydrogen) atoms. The molecule has 0 saturated carbocycles. The molecule has 0 bridgehead atoms. The number of piperazine rings is 1. The third kappa shape index (κ3) is 4.19. The van der Waals surface area contributed by atoms with E-state index in [-0.39, 0.29) is 11.9 Å². The molecule has 2 heterocycles. The van der Waals surface area contributed by atoms with E-state index in [1.165, 1.54) is 5.56 Å². The Morgan fingerprint density at radius 3 is 2.38 bits per heavy atom. The zero-order valence-electron chi connectivity index (χ0n) is 16.0. The number of rotatable bonds is 4. The third-order valence-electron chi connectivity index (χ3n) is 4.55. The Kier molecular flexibility index (Phi) is 5.52. The summed E-state index contributed by atoms with van der Waals surface area (Å²) in [7, 11) is 2.11. The van der Waals surface area contributed by atoms with Gasteiger partial charge in [0.25, 0.3) is 5.91 Å². The fourth-order valence-corrected chi connectivity index (χ4v) is 2.97. The molecular formula is C20H27N5O. The lowest BCUT2D eigenvalue weighted by atomic mass is 10.1. The minimum atomic E-state index is -0.121. The molecule has 1 amide bonds. The molecule has 1 saturated heterocycles. The molecule has 0 atom stereocenters. The van der Waals surface area contributed by atoms with Crippen molar-refractivity contribution in [2.45, 2.75) is 26.8 Å². The number of hydrogen-bond acceptors (Lipinski definition) is 5. The van der Waals surface area contributed by atoms with Gasteiger partial charge in [-0.25, -0.2) is 9.97 Å². The molecule has 0 unspecified atom stereocenters. The van der Waals surface area contributed by atoms with Crippen LogP contribution in [-0.2, 0) is 0 Å². The molecule has 3 rings (SSSR count). The molecule has 1 N–H and O–H groups in total. The number of hydrogen-bond donors (Lipinski definition) is 1. The average Bonchev–Trinajstić information content (AvgIpc) is 2.62. The van der Waals surface area contributed by atoms with Gasteiger partial charge < -0.3 is 15.1 Å². The van der Waals surface area contributed by atoms with E-state index < -0.39 is 0 Å². The quantitative estimate of drug-likeness (QED) is 0.914. The zero-order chi connectivity index (χ0) is 18.7. The monoisotopic (exact) mass is 353 g/mol. The minimum Gasteiger partial charge on any atom is -0.353 e. The topological polar surface area (TPSA) is 61.4 Å². The van der Waals surface area contributed by atoms with Crippen LogP contribution in [0.25, 0.3) is 11.4 Å². The fraction of sp³-hybridized carbons (Fsp3) is 0.450. The second kappa shape index (κ2) is 7.83. The van der Waals surface area contributed by atoms with Crippen molar-refractivity contribution in [3.63, 3.8) is 0 Å². The number of nitrogens with one attached hydrogen (secondary N) is 1. The summed E-state index contributed by atoms with van der Waals surface area (Å²) in [6.45, 7) is 9.57. The molecule has 6 heteroatoms. The Labute approximate surface area is 155 Å². The van der Waals surface area contributed by atoms with Gasteiger partial charge in [0.15, 0.2) is 5.82 Å². The van der Waals surface area contributed by atoms with Gasteiger partial charge in [-0.2, -0.15) is 0 Å². The van der Waals surface area contributed by atoms with Crippen molar-refractivity contribution in [2.24, 2.45) is 0 Å². The van der Waals surface area contributed by atoms with E-state index in [4.69, 9.17) is 4.98 Å². The van der Waals surface area contributed by atoms with Crippen LogP contribution in [0.1, 0.15) is 29.8 Å². The first-order valence-electron chi connectivity index (χ1n) is 9.12. The van der Waals surface area contributed by atoms with E-state index in [1.54, 1.807) is 6.20 Å². The highest BCUT2D eigenvalue weighted by Crippen LogP contribution is 2.24. The van der Waals surface area contributed by atoms with Crippen molar-refractivity contribution >= 4 is 11.7 Å². The number of likely N-dealkylation sites (N-methyl/N-ethyl adjacent to an activating group) is 1. The van der Waals surface area contributed by atoms with Gasteiger partial charge in [-0.15, -0.1) is 0 Å². The third-order valence-corrected chi connectivity index (χ3v) is 4.55. The van der Waals surface area contributed by atoms with Gasteiger partial charge in [-0.3, -0.25) is 4.79 Å². The maximum Gasteiger partial charge on any atom is 0.256 e. The summed E-state index contributed by atoms with van der Waals surface area (Å²) in [5, 5.41) is 2.96. The number of aryl methyl sites for hydroxylation is 1. The molecule has 1 fully saturated rings. The largest absolute Gasteiger partial charge is 0.353 e. The van der Waals surface area contributed by atoms with E-state index in [0.29, 0.717) is 11.4 Å². The normalized spacial score (nSPS) is 15.3. The Morgan fingerprint density at radius 1 is 1.12 bits per heavy atom. The van der Waals surface area contributed by atoms with Gasteiger partial charge in [0, 0.05) is 44.0 Å². The highest BCUT2D eigenvalue weighted by atomic mass is 16.1. The molecule has 0 radical (unpaired) electrons. The smallest absolute Gasteiger partial charge is 0.256 e. The summed E-state index contributed by atoms with van der Waals surface area (Å²) in [5.41, 5.74) is 2.70. The zero-order valence-corrected chi connectivity index (χ0v) is 16.0. The highest BCUT2D eigenvalue weighted by molar-refractivity contribution is 5.99. The van der Waals surface area contributed by atoms with Crippen LogP contribution in [0, 0.1) is 6.92 Å². The molecule has 1 aliphatic heterocycles. The summed E-state index contributed by atoms with van der Waals surface area (Å²) in [6.07, 6.45) is 1.66. The first-order chi connectivity index (χ1) is 12.4. The maximum atomic E-state index is 12.6. The van der Waals surface area contributed by atoms with E-state index in [2.05, 4.69) is 34.1 Å². The Hall–Kier alpha value is -2.47. The molecule has 1 aromatic heterocycles. The predicted molar refractivity (Wildman–Crippen MR) is 105 cm³/mol. The lowest BCUT2D eigenvalue weighted by molar-refractivity contribution is 0.0943. The van der Waals surface area contributed by atoms with Gasteiger partial charge in [0.1, 0.15) is 11.4 Å². The molecule has 6 nitrogen and oxygen atoms in total. The summed E-state index contributed by atoms with van der Waals surface area (Å²) >= 11 is 0. The van der Waals surface area contributed by atoms with Crippen molar-refractivity contribution in [1.29, 1.82) is 0 Å². The number of anilines is 1. The van der Waals surface area contributed by atoms with Crippen LogP contribution in [0.15, 0.2) is 30.5 Å². The number of carbonyl (C=O) groups excluding carboxylic acids is 1. The minimum absolute atomic E-state index is 0.0691. The van der Waals surface area contributed by atoms with Crippen molar-refractivity contribution in [3.8, 4) is 11.4 Å². The van der Waals surface area contributed by atoms with Crippen molar-refractivity contribution in [1.82, 2.24) is 20.2 Å². The summed E-state index contributed by atoms with van der Waals surface area (Å²) in [4.78, 5) is 26.4. The second-order valence-electron chi connectivity index (χ2n) is 7.22. The highest BCUT2D eigenvalue weighted by Gasteiger charge is 2.23. The summed E-state index contributed by atoms with van der Waals surface area (Å²) in [5.74, 6) is 1.26. The van der Waals surface area contributed by atoms with E-state index in [1.807, 2.05) is 38.1 Å². The van der Waals surface area contributed by atoms with Crippen LogP contribution >= 0.6 is 0 Å². The van der Waals surface area contributed by atoms with Crippen LogP contribution < -0.4 is 10.2 Å². The molecule has 1 aliphatic rings. The van der Waals surface area contributed by atoms with Gasteiger partial charge >= 0.3 is 0 Å². The average molecular weight is 353 g/mol. The van der Waals surface area contributed by atoms with Crippen LogP contribution in [0.5, 0.6) is 0 Å². The van der Waals surface area contributed by atoms with E-state index in [9.17, 15) is 4.79 Å². The van der Waals surface area contributed by atoms with Crippen LogP contribution in [0.3, 0.4) is 0 Å². The predicted octanol–water partition coefficient (Wildman–Crippen LogP) is 2.34. The second-order valence-corrected chi connectivity index (χ2v) is 7.22. The van der Waals surface area contributed by atoms with Gasteiger partial charge in [0.2, 0.25) is 0 Å². The van der Waals surface area contributed by atoms with Gasteiger partial charge in [-0.05, 0) is 27.8 Å². The molecule has 138 valence electrons. The number of amides is 1. The van der Waals surface area contributed by atoms with Gasteiger partial charge in [0.05, 0.1) is 0 Å². The molecule has 0 aliphatic carbocycles. The van der Waals surface area contributed by atoms with E-state index >= 15 is 0 Å². The van der Waals surface area contributed by atoms with Crippen molar-refractivity contribution < 1.29 is 4.79 Å². The summed E-state index contributed by atoms with van der Waals surface area (Å²) in [6, 6.07) is 8.21. The summed E-state index contributed by atoms with van der Waals surface area (Å²) < 4.78 is 0. The van der Waals surface area contributed by atoms with Gasteiger partial charge in [-0.1, -0.05) is 29.8 Å². The number of carbonyl (C=O) groups is 1. The Bertz CT molecular complexity index is 764. The number of benzene rings is 1. The molecular weight excluding hydrogens is 326 g/mol. The lowest BCUT2D eigenvalue weighted by Crippen LogP contribution is -2.45. The molecule has 1 aromatic carbocycles. The lowest BCUT2D eigenvalue weighted by Gasteiger charge is -2.34. The Morgan fingerprint density at radius 2 is 1.77 bits per heavy atom. The van der Waals surface area contributed by atoms with Crippen molar-refractivity contribution in [3.05, 3.63) is 41.6 Å². The number of nitrogens with zero attached hydrogens (tertiary/aromatic N) is 4. The first kappa shape index (κ1) is 18.3. The van der Waals surface area contributed by atoms with Crippen molar-refractivity contribution in [2.75, 3.05) is 38.1 Å². The maximum absolute atomic E-state index is 12.6. The molecule has 0 spiro atoms. The van der Waals surface area contributed by atoms with Crippen LogP contribution in [0.2, 0.25) is 0 Å². The fourth-order valence-electron chi connectivity index (χ4n) is 2.97. The van der Waals surface area contributed by atoms with Crippen LogP contribution in [-0.4, -0.2) is 60.0 Å². The number of aromatic nitrogens is 2. The van der Waals surface area contributed by atoms with Crippen LogP contribution in [0.4, 0.5) is 5.82 Å². The molecule has 2 aromatic rings. The Balaban J connectivity index is 1.98. The standard InChI is InChI=1S/C20H27N5O/c1-14(2)22-20(26)17-13-21-18(16-7-5-15(3)6-8-16)23-19(17)25-11-9-24(4)10-12-25/h5-8,13-14H,9-12H2,1-4H3,(H,22,26). The SMILES string of the molecule is Cc1ccc(-c2ncc(C(=O)NC(C)C)c(N3CCN(C)CC3)n2)cc1. The first-order valence-corrected chi connectivity index (χ1v) is 9.12. The van der Waals surface area contributed by atoms with E-state index in [0.717, 1.165) is 37.6 Å².